The number of nitrogens with two attached hydrogens (primary N) is 1. The van der Waals surface area contributed by atoms with Crippen LogP contribution in [0, 0.1) is 5.92 Å². The maximum absolute atomic E-state index is 11.6. The number of hydrogen-bond acceptors (Lipinski definition) is 2. The maximum atomic E-state index is 11.6. The van der Waals surface area contributed by atoms with Crippen molar-refractivity contribution in [2.24, 2.45) is 11.7 Å². The molecule has 1 amide bonds. The molecule has 1 aliphatic heterocycles. The van der Waals surface area contributed by atoms with Crippen molar-refractivity contribution in [2.45, 2.75) is 38.1 Å². The molecule has 2 aliphatic rings. The summed E-state index contributed by atoms with van der Waals surface area (Å²) in [6.07, 6.45) is 5.33. The number of carbonyl (C=O) groups is 1. The molecule has 13 heavy (non-hydrogen) atoms. The van der Waals surface area contributed by atoms with Crippen LogP contribution in [0.1, 0.15) is 32.1 Å². The number of hydrogen-bond donors (Lipinski definition) is 1. The van der Waals surface area contributed by atoms with Crippen molar-refractivity contribution >= 4 is 5.91 Å². The summed E-state index contributed by atoms with van der Waals surface area (Å²) in [5.41, 5.74) is 5.66. The highest BCUT2D eigenvalue weighted by molar-refractivity contribution is 5.77. The summed E-state index contributed by atoms with van der Waals surface area (Å²) in [5, 5.41) is 0. The number of likely N-dealkylation sites (tertiary alicyclic amines) is 1. The van der Waals surface area contributed by atoms with E-state index in [1.807, 2.05) is 0 Å². The second-order valence-electron chi connectivity index (χ2n) is 4.27. The van der Waals surface area contributed by atoms with E-state index in [9.17, 15) is 4.79 Å². The van der Waals surface area contributed by atoms with Crippen molar-refractivity contribution in [3.63, 3.8) is 0 Å². The van der Waals surface area contributed by atoms with Gasteiger partial charge in [-0.1, -0.05) is 0 Å². The molecule has 1 heterocycles. The van der Waals surface area contributed by atoms with Crippen LogP contribution in [0.3, 0.4) is 0 Å². The molecule has 3 nitrogen and oxygen atoms in total. The summed E-state index contributed by atoms with van der Waals surface area (Å²) < 4.78 is 0. The zero-order valence-corrected chi connectivity index (χ0v) is 8.04. The Labute approximate surface area is 79.3 Å². The molecule has 2 N–H and O–H groups in total. The molecule has 1 aliphatic carbocycles. The van der Waals surface area contributed by atoms with E-state index < -0.39 is 0 Å². The maximum Gasteiger partial charge on any atom is 0.222 e. The SMILES string of the molecule is NCC1CCCC(=O)N(C2CC2)C1. The summed E-state index contributed by atoms with van der Waals surface area (Å²) in [6.45, 7) is 1.65. The van der Waals surface area contributed by atoms with Crippen LogP contribution in [0.5, 0.6) is 0 Å². The Morgan fingerprint density at radius 1 is 1.38 bits per heavy atom. The van der Waals surface area contributed by atoms with E-state index in [4.69, 9.17) is 5.73 Å². The third-order valence-corrected chi connectivity index (χ3v) is 3.10. The second kappa shape index (κ2) is 3.66. The smallest absolute Gasteiger partial charge is 0.222 e. The predicted molar refractivity (Wildman–Crippen MR) is 51.1 cm³/mol. The topological polar surface area (TPSA) is 46.3 Å². The zero-order valence-electron chi connectivity index (χ0n) is 8.04. The molecule has 74 valence electrons. The Morgan fingerprint density at radius 2 is 2.15 bits per heavy atom. The highest BCUT2D eigenvalue weighted by Gasteiger charge is 2.34. The summed E-state index contributed by atoms with van der Waals surface area (Å²) in [5.74, 6) is 0.908. The van der Waals surface area contributed by atoms with Crippen LogP contribution in [0.4, 0.5) is 0 Å². The van der Waals surface area contributed by atoms with Gasteiger partial charge in [-0.15, -0.1) is 0 Å². The van der Waals surface area contributed by atoms with E-state index in [1.54, 1.807) is 0 Å². The molecular formula is C10H18N2O. The number of rotatable bonds is 2. The predicted octanol–water partition coefficient (Wildman–Crippen LogP) is 0.736. The lowest BCUT2D eigenvalue weighted by Gasteiger charge is -2.23. The first kappa shape index (κ1) is 9.00. The lowest BCUT2D eigenvalue weighted by atomic mass is 10.0. The zero-order chi connectivity index (χ0) is 9.26. The molecule has 2 rings (SSSR count). The van der Waals surface area contributed by atoms with E-state index in [1.165, 1.54) is 12.8 Å². The van der Waals surface area contributed by atoms with Crippen molar-refractivity contribution in [3.05, 3.63) is 0 Å². The van der Waals surface area contributed by atoms with Crippen LogP contribution >= 0.6 is 0 Å². The first-order chi connectivity index (χ1) is 6.31. The van der Waals surface area contributed by atoms with Crippen molar-refractivity contribution < 1.29 is 4.79 Å². The molecule has 0 bridgehead atoms. The first-order valence-electron chi connectivity index (χ1n) is 5.31. The van der Waals surface area contributed by atoms with Crippen molar-refractivity contribution in [1.82, 2.24) is 4.90 Å². The van der Waals surface area contributed by atoms with Gasteiger partial charge in [0.05, 0.1) is 0 Å². The highest BCUT2D eigenvalue weighted by atomic mass is 16.2. The molecule has 0 aromatic carbocycles. The Morgan fingerprint density at radius 3 is 2.77 bits per heavy atom. The molecular weight excluding hydrogens is 164 g/mol. The lowest BCUT2D eigenvalue weighted by molar-refractivity contribution is -0.131. The van der Waals surface area contributed by atoms with Gasteiger partial charge in [-0.05, 0) is 38.1 Å². The number of carbonyl (C=O) groups excluding carboxylic acids is 1. The molecule has 1 saturated carbocycles. The normalized spacial score (nSPS) is 30.4. The molecule has 1 atom stereocenters. The average molecular weight is 182 g/mol. The molecule has 0 radical (unpaired) electrons. The fourth-order valence-electron chi connectivity index (χ4n) is 2.09. The quantitative estimate of drug-likeness (QED) is 0.684. The average Bonchev–Trinajstić information content (AvgIpc) is 2.91. The van der Waals surface area contributed by atoms with E-state index >= 15 is 0 Å². The van der Waals surface area contributed by atoms with Gasteiger partial charge in [0, 0.05) is 19.0 Å². The Bertz CT molecular complexity index is 201. The Kier molecular flexibility index (Phi) is 2.54. The van der Waals surface area contributed by atoms with Crippen LogP contribution in [0.25, 0.3) is 0 Å². The summed E-state index contributed by atoms with van der Waals surface area (Å²) in [6, 6.07) is 0.569. The minimum absolute atomic E-state index is 0.360. The van der Waals surface area contributed by atoms with Crippen molar-refractivity contribution in [2.75, 3.05) is 13.1 Å². The van der Waals surface area contributed by atoms with Crippen molar-refractivity contribution in [1.29, 1.82) is 0 Å². The van der Waals surface area contributed by atoms with Crippen LogP contribution in [0.15, 0.2) is 0 Å². The van der Waals surface area contributed by atoms with Gasteiger partial charge in [-0.3, -0.25) is 4.79 Å². The molecule has 2 fully saturated rings. The Hall–Kier alpha value is -0.570. The van der Waals surface area contributed by atoms with Crippen LogP contribution < -0.4 is 5.73 Å². The summed E-state index contributed by atoms with van der Waals surface area (Å²) >= 11 is 0. The van der Waals surface area contributed by atoms with Gasteiger partial charge in [0.25, 0.3) is 0 Å². The molecule has 0 aromatic rings. The Balaban J connectivity index is 1.99. The molecule has 1 saturated heterocycles. The molecule has 1 unspecified atom stereocenters. The number of amides is 1. The fourth-order valence-corrected chi connectivity index (χ4v) is 2.09. The molecule has 0 spiro atoms. The number of nitrogens with zero attached hydrogens (tertiary/aromatic N) is 1. The second-order valence-corrected chi connectivity index (χ2v) is 4.27. The fraction of sp³-hybridized carbons (Fsp3) is 0.900. The lowest BCUT2D eigenvalue weighted by Crippen LogP contribution is -2.36. The minimum Gasteiger partial charge on any atom is -0.339 e. The molecule has 3 heteroatoms. The van der Waals surface area contributed by atoms with Gasteiger partial charge in [-0.25, -0.2) is 0 Å². The van der Waals surface area contributed by atoms with E-state index in [2.05, 4.69) is 4.90 Å². The van der Waals surface area contributed by atoms with Gasteiger partial charge in [-0.2, -0.15) is 0 Å². The minimum atomic E-state index is 0.360. The van der Waals surface area contributed by atoms with Gasteiger partial charge in [0.15, 0.2) is 0 Å². The van der Waals surface area contributed by atoms with Crippen LogP contribution in [0.2, 0.25) is 0 Å². The third kappa shape index (κ3) is 2.02. The summed E-state index contributed by atoms with van der Waals surface area (Å²) in [7, 11) is 0. The molecule has 0 aromatic heterocycles. The van der Waals surface area contributed by atoms with Gasteiger partial charge < -0.3 is 10.6 Å². The standard InChI is InChI=1S/C10H18N2O/c11-6-8-2-1-3-10(13)12(7-8)9-4-5-9/h8-9H,1-7,11H2. The van der Waals surface area contributed by atoms with E-state index in [0.29, 0.717) is 17.9 Å². The first-order valence-corrected chi connectivity index (χ1v) is 5.31. The van der Waals surface area contributed by atoms with E-state index in [-0.39, 0.29) is 0 Å². The van der Waals surface area contributed by atoms with Crippen LogP contribution in [-0.4, -0.2) is 29.9 Å². The van der Waals surface area contributed by atoms with Gasteiger partial charge >= 0.3 is 0 Å². The van der Waals surface area contributed by atoms with Crippen molar-refractivity contribution in [3.8, 4) is 0 Å². The largest absolute Gasteiger partial charge is 0.339 e. The van der Waals surface area contributed by atoms with Gasteiger partial charge in [0.2, 0.25) is 5.91 Å². The van der Waals surface area contributed by atoms with Gasteiger partial charge in [0.1, 0.15) is 0 Å². The van der Waals surface area contributed by atoms with Crippen LogP contribution in [-0.2, 0) is 4.79 Å². The monoisotopic (exact) mass is 182 g/mol. The highest BCUT2D eigenvalue weighted by Crippen LogP contribution is 2.30. The van der Waals surface area contributed by atoms with E-state index in [0.717, 1.165) is 32.4 Å². The third-order valence-electron chi connectivity index (χ3n) is 3.10. The summed E-state index contributed by atoms with van der Waals surface area (Å²) in [4.78, 5) is 13.7.